The van der Waals surface area contributed by atoms with E-state index in [0.717, 1.165) is 47.2 Å². The number of rotatable bonds is 7. The Morgan fingerprint density at radius 1 is 1.00 bits per heavy atom. The minimum absolute atomic E-state index is 0.199. The van der Waals surface area contributed by atoms with Crippen LogP contribution in [0.1, 0.15) is 78.1 Å². The summed E-state index contributed by atoms with van der Waals surface area (Å²) in [6, 6.07) is 14.6. The van der Waals surface area contributed by atoms with Crippen molar-refractivity contribution in [2.24, 2.45) is 0 Å². The number of benzene rings is 3. The Kier molecular flexibility index (Phi) is 8.94. The quantitative estimate of drug-likeness (QED) is 0.219. The van der Waals surface area contributed by atoms with Crippen molar-refractivity contribution in [2.75, 3.05) is 13.2 Å². The molecule has 1 N–H and O–H groups in total. The molecule has 0 radical (unpaired) electrons. The maximum absolute atomic E-state index is 15.8. The lowest BCUT2D eigenvalue weighted by Gasteiger charge is -2.31. The average molecular weight is 641 g/mol. The third-order valence-corrected chi connectivity index (χ3v) is 9.21. The predicted molar refractivity (Wildman–Crippen MR) is 179 cm³/mol. The highest BCUT2D eigenvalue weighted by molar-refractivity contribution is 5.92. The van der Waals surface area contributed by atoms with Crippen molar-refractivity contribution < 1.29 is 28.2 Å². The number of carbonyl (C=O) groups is 1. The van der Waals surface area contributed by atoms with E-state index in [4.69, 9.17) is 14.5 Å². The summed E-state index contributed by atoms with van der Waals surface area (Å²) in [5.74, 6) is -1.53. The maximum atomic E-state index is 15.8. The van der Waals surface area contributed by atoms with Crippen molar-refractivity contribution in [1.82, 2.24) is 9.88 Å². The van der Waals surface area contributed by atoms with Gasteiger partial charge in [0.2, 0.25) is 0 Å². The zero-order valence-corrected chi connectivity index (χ0v) is 28.0. The van der Waals surface area contributed by atoms with Crippen LogP contribution in [0.5, 0.6) is 5.75 Å². The first-order valence-corrected chi connectivity index (χ1v) is 16.3. The normalized spacial score (nSPS) is 15.5. The highest BCUT2D eigenvalue weighted by atomic mass is 19.1. The predicted octanol–water partition coefficient (Wildman–Crippen LogP) is 8.44. The van der Waals surface area contributed by atoms with Crippen LogP contribution in [-0.2, 0) is 35.5 Å². The van der Waals surface area contributed by atoms with Gasteiger partial charge in [0.15, 0.2) is 17.7 Å². The van der Waals surface area contributed by atoms with E-state index < -0.39 is 23.5 Å². The Bertz CT molecular complexity index is 1860. The van der Waals surface area contributed by atoms with E-state index in [-0.39, 0.29) is 11.6 Å². The van der Waals surface area contributed by atoms with E-state index >= 15 is 4.39 Å². The van der Waals surface area contributed by atoms with Gasteiger partial charge in [-0.15, -0.1) is 0 Å². The Labute approximate surface area is 275 Å². The fourth-order valence-corrected chi connectivity index (χ4v) is 7.09. The maximum Gasteiger partial charge on any atom is 0.337 e. The standard InChI is InChI=1S/C39H42F2N2O4/c1-22-29-11-9-17-46-36(29)32(41)19-30(22)35-33(23(2)42-24(3)34(35)37(38(44)45)47-39(4,5)6)26-13-14-27-20-43(16-15-25(27)18-26)21-28-10-7-8-12-31(28)40/h7-8,10,12-14,18-19,37H,9,11,15-17,20-21H2,1-6H3,(H,44,45)/t37-/m0/s1. The second-order valence-corrected chi connectivity index (χ2v) is 13.7. The van der Waals surface area contributed by atoms with Crippen molar-refractivity contribution in [3.8, 4) is 28.0 Å². The van der Waals surface area contributed by atoms with Gasteiger partial charge in [0.05, 0.1) is 12.2 Å². The van der Waals surface area contributed by atoms with Crippen molar-refractivity contribution in [3.05, 3.63) is 105 Å². The smallest absolute Gasteiger partial charge is 0.337 e. The van der Waals surface area contributed by atoms with Gasteiger partial charge in [-0.25, -0.2) is 13.6 Å². The van der Waals surface area contributed by atoms with Crippen LogP contribution in [0.3, 0.4) is 0 Å². The molecule has 2 aliphatic heterocycles. The number of halogens is 2. The third kappa shape index (κ3) is 6.54. The van der Waals surface area contributed by atoms with Crippen LogP contribution in [0.4, 0.5) is 8.78 Å². The Balaban J connectivity index is 1.52. The lowest BCUT2D eigenvalue weighted by molar-refractivity contribution is -0.160. The number of pyridine rings is 1. The van der Waals surface area contributed by atoms with Gasteiger partial charge in [0.1, 0.15) is 5.82 Å². The number of ether oxygens (including phenoxy) is 2. The van der Waals surface area contributed by atoms with Gasteiger partial charge in [0, 0.05) is 53.3 Å². The van der Waals surface area contributed by atoms with Crippen LogP contribution in [0, 0.1) is 32.4 Å². The Morgan fingerprint density at radius 3 is 2.49 bits per heavy atom. The van der Waals surface area contributed by atoms with Crippen LogP contribution >= 0.6 is 0 Å². The fourth-order valence-electron chi connectivity index (χ4n) is 7.09. The molecule has 2 aliphatic rings. The summed E-state index contributed by atoms with van der Waals surface area (Å²) < 4.78 is 42.2. The SMILES string of the molecule is Cc1nc(C)c([C@H](OC(C)(C)C)C(=O)O)c(-c2cc(F)c3c(c2C)CCCO3)c1-c1ccc2c(c1)CCN(Cc1ccccc1F)C2. The molecule has 0 bridgehead atoms. The van der Waals surface area contributed by atoms with Crippen molar-refractivity contribution >= 4 is 5.97 Å². The number of fused-ring (bicyclic) bond motifs is 2. The van der Waals surface area contributed by atoms with E-state index in [0.29, 0.717) is 59.8 Å². The van der Waals surface area contributed by atoms with E-state index in [1.165, 1.54) is 17.7 Å². The largest absolute Gasteiger partial charge is 0.490 e. The molecule has 3 aromatic carbocycles. The molecular formula is C39H42F2N2O4. The van der Waals surface area contributed by atoms with Gasteiger partial charge in [0.25, 0.3) is 0 Å². The molecular weight excluding hydrogens is 598 g/mol. The molecule has 4 aromatic rings. The lowest BCUT2D eigenvalue weighted by Crippen LogP contribution is -2.30. The van der Waals surface area contributed by atoms with Crippen molar-refractivity contribution in [1.29, 1.82) is 0 Å². The molecule has 0 spiro atoms. The molecule has 47 heavy (non-hydrogen) atoms. The second kappa shape index (κ2) is 12.8. The molecule has 6 rings (SSSR count). The van der Waals surface area contributed by atoms with Crippen LogP contribution in [0.15, 0.2) is 48.5 Å². The molecule has 8 heteroatoms. The van der Waals surface area contributed by atoms with Gasteiger partial charge < -0.3 is 14.6 Å². The molecule has 0 saturated carbocycles. The molecule has 3 heterocycles. The summed E-state index contributed by atoms with van der Waals surface area (Å²) in [6.45, 7) is 13.6. The van der Waals surface area contributed by atoms with E-state index in [9.17, 15) is 14.3 Å². The zero-order chi connectivity index (χ0) is 33.6. The van der Waals surface area contributed by atoms with Crippen LogP contribution < -0.4 is 4.74 Å². The van der Waals surface area contributed by atoms with Gasteiger partial charge in [-0.2, -0.15) is 0 Å². The summed E-state index contributed by atoms with van der Waals surface area (Å²) in [6.07, 6.45) is 0.875. The summed E-state index contributed by atoms with van der Waals surface area (Å²) in [4.78, 5) is 20.1. The summed E-state index contributed by atoms with van der Waals surface area (Å²) >= 11 is 0. The highest BCUT2D eigenvalue weighted by Crippen LogP contribution is 2.47. The van der Waals surface area contributed by atoms with Gasteiger partial charge in [-0.05, 0) is 106 Å². The van der Waals surface area contributed by atoms with Gasteiger partial charge in [-0.3, -0.25) is 9.88 Å². The Morgan fingerprint density at radius 2 is 1.77 bits per heavy atom. The van der Waals surface area contributed by atoms with Crippen molar-refractivity contribution in [2.45, 2.75) is 85.6 Å². The number of aliphatic carboxylic acids is 1. The molecule has 0 saturated heterocycles. The summed E-state index contributed by atoms with van der Waals surface area (Å²) in [5.41, 5.74) is 8.40. The number of carboxylic acid groups (broad SMARTS) is 1. The van der Waals surface area contributed by atoms with E-state index in [2.05, 4.69) is 17.0 Å². The molecule has 6 nitrogen and oxygen atoms in total. The number of hydrogen-bond donors (Lipinski definition) is 1. The monoisotopic (exact) mass is 640 g/mol. The molecule has 0 fully saturated rings. The minimum atomic E-state index is -1.34. The lowest BCUT2D eigenvalue weighted by atomic mass is 9.82. The molecule has 0 amide bonds. The van der Waals surface area contributed by atoms with Crippen LogP contribution in [0.2, 0.25) is 0 Å². The topological polar surface area (TPSA) is 71.9 Å². The first-order chi connectivity index (χ1) is 22.3. The first kappa shape index (κ1) is 32.8. The Hall–Kier alpha value is -4.14. The number of carboxylic acids is 1. The molecule has 0 unspecified atom stereocenters. The molecule has 0 aliphatic carbocycles. The first-order valence-electron chi connectivity index (χ1n) is 16.3. The summed E-state index contributed by atoms with van der Waals surface area (Å²) in [5, 5.41) is 10.6. The number of hydrogen-bond acceptors (Lipinski definition) is 5. The zero-order valence-electron chi connectivity index (χ0n) is 28.0. The number of nitrogens with zero attached hydrogens (tertiary/aromatic N) is 2. The fraction of sp³-hybridized carbons (Fsp3) is 0.385. The molecule has 246 valence electrons. The van der Waals surface area contributed by atoms with Gasteiger partial charge in [-0.1, -0.05) is 36.4 Å². The van der Waals surface area contributed by atoms with E-state index in [1.807, 2.05) is 52.8 Å². The molecule has 1 aromatic heterocycles. The van der Waals surface area contributed by atoms with Gasteiger partial charge >= 0.3 is 5.97 Å². The minimum Gasteiger partial charge on any atom is -0.490 e. The second-order valence-electron chi connectivity index (χ2n) is 13.7. The highest BCUT2D eigenvalue weighted by Gasteiger charge is 2.35. The van der Waals surface area contributed by atoms with Crippen LogP contribution in [-0.4, -0.2) is 39.7 Å². The number of aryl methyl sites for hydroxylation is 2. The molecule has 1 atom stereocenters. The average Bonchev–Trinajstić information content (AvgIpc) is 3.02. The van der Waals surface area contributed by atoms with E-state index in [1.54, 1.807) is 13.0 Å². The van der Waals surface area contributed by atoms with Crippen LogP contribution in [0.25, 0.3) is 22.3 Å². The third-order valence-electron chi connectivity index (χ3n) is 9.21. The summed E-state index contributed by atoms with van der Waals surface area (Å²) in [7, 11) is 0. The van der Waals surface area contributed by atoms with Crippen molar-refractivity contribution in [3.63, 3.8) is 0 Å². The number of aromatic nitrogens is 1.